The maximum atomic E-state index is 13.5. The third kappa shape index (κ3) is 5.25. The second kappa shape index (κ2) is 10.4. The summed E-state index contributed by atoms with van der Waals surface area (Å²) >= 11 is 7.87. The summed E-state index contributed by atoms with van der Waals surface area (Å²) in [5.74, 6) is 0.543. The summed E-state index contributed by atoms with van der Waals surface area (Å²) in [5, 5.41) is 4.10. The number of hydrogen-bond donors (Lipinski definition) is 1. The fourth-order valence-corrected chi connectivity index (χ4v) is 7.40. The van der Waals surface area contributed by atoms with Crippen LogP contribution < -0.4 is 5.32 Å². The molecule has 1 atom stereocenters. The number of amides is 1. The first-order valence-corrected chi connectivity index (χ1v) is 14.9. The predicted octanol–water partition coefficient (Wildman–Crippen LogP) is 4.33. The highest BCUT2D eigenvalue weighted by Crippen LogP contribution is 2.37. The first-order chi connectivity index (χ1) is 16.6. The molecule has 6 nitrogen and oxygen atoms in total. The number of nitrogens with one attached hydrogen (secondary N) is 1. The van der Waals surface area contributed by atoms with Crippen molar-refractivity contribution in [2.75, 3.05) is 25.1 Å². The van der Waals surface area contributed by atoms with Crippen LogP contribution in [0, 0.1) is 19.7 Å². The lowest BCUT2D eigenvalue weighted by Gasteiger charge is -2.44. The van der Waals surface area contributed by atoms with E-state index in [0.29, 0.717) is 49.5 Å². The number of carbonyl (C=O) groups excluding carboxylic acids is 1. The van der Waals surface area contributed by atoms with Crippen LogP contribution in [0.15, 0.2) is 41.3 Å². The molecule has 10 heteroatoms. The molecule has 1 N–H and O–H groups in total. The lowest BCUT2D eigenvalue weighted by atomic mass is 9.96. The number of halogens is 2. The number of nitrogens with zero attached hydrogens (tertiary/aromatic N) is 2. The average molecular weight is 540 g/mol. The van der Waals surface area contributed by atoms with Crippen LogP contribution in [-0.2, 0) is 21.4 Å². The zero-order chi connectivity index (χ0) is 25.4. The first-order valence-electron chi connectivity index (χ1n) is 11.7. The molecule has 190 valence electrons. The van der Waals surface area contributed by atoms with Crippen molar-refractivity contribution >= 4 is 39.3 Å². The van der Waals surface area contributed by atoms with E-state index in [1.54, 1.807) is 49.9 Å². The maximum absolute atomic E-state index is 13.5. The summed E-state index contributed by atoms with van der Waals surface area (Å²) in [5.41, 5.74) is 1.54. The quantitative estimate of drug-likeness (QED) is 0.567. The summed E-state index contributed by atoms with van der Waals surface area (Å²) in [6.45, 7) is 4.48. The van der Waals surface area contributed by atoms with Crippen molar-refractivity contribution in [3.05, 3.63) is 63.9 Å². The van der Waals surface area contributed by atoms with Crippen molar-refractivity contribution in [2.45, 2.75) is 56.3 Å². The SMILES string of the molecule is CSCCC1NC2(CCN(S(=O)(=O)c3cc(C)c(Cl)cc3C)CC2)N(Cc2ccc(F)cc2)C1=O. The van der Waals surface area contributed by atoms with E-state index in [0.717, 1.165) is 16.9 Å². The summed E-state index contributed by atoms with van der Waals surface area (Å²) < 4.78 is 41.9. The van der Waals surface area contributed by atoms with Crippen molar-refractivity contribution in [2.24, 2.45) is 0 Å². The number of hydrogen-bond acceptors (Lipinski definition) is 5. The molecule has 2 aromatic rings. The Morgan fingerprint density at radius 2 is 1.80 bits per heavy atom. The molecule has 35 heavy (non-hydrogen) atoms. The molecular formula is C25H31ClFN3O3S2. The van der Waals surface area contributed by atoms with Gasteiger partial charge in [0.25, 0.3) is 0 Å². The van der Waals surface area contributed by atoms with Crippen LogP contribution in [0.25, 0.3) is 0 Å². The minimum absolute atomic E-state index is 0.0175. The molecule has 0 radical (unpaired) electrons. The van der Waals surface area contributed by atoms with Gasteiger partial charge in [0.15, 0.2) is 0 Å². The molecule has 2 aliphatic rings. The van der Waals surface area contributed by atoms with Gasteiger partial charge >= 0.3 is 0 Å². The number of carbonyl (C=O) groups is 1. The Kier molecular flexibility index (Phi) is 7.83. The fraction of sp³-hybridized carbons (Fsp3) is 0.480. The Morgan fingerprint density at radius 3 is 2.43 bits per heavy atom. The van der Waals surface area contributed by atoms with Crippen LogP contribution >= 0.6 is 23.4 Å². The Hall–Kier alpha value is -1.65. The highest BCUT2D eigenvalue weighted by molar-refractivity contribution is 7.98. The Balaban J connectivity index is 1.57. The lowest BCUT2D eigenvalue weighted by Crippen LogP contribution is -2.59. The Morgan fingerprint density at radius 1 is 1.14 bits per heavy atom. The molecule has 0 aliphatic carbocycles. The number of sulfonamides is 1. The fourth-order valence-electron chi connectivity index (χ4n) is 4.98. The third-order valence-corrected chi connectivity index (χ3v) is 10.1. The van der Waals surface area contributed by atoms with Gasteiger partial charge in [0.05, 0.1) is 16.6 Å². The molecule has 2 heterocycles. The molecule has 1 spiro atoms. The summed E-state index contributed by atoms with van der Waals surface area (Å²) in [4.78, 5) is 15.5. The molecule has 2 aromatic carbocycles. The molecule has 1 unspecified atom stereocenters. The monoisotopic (exact) mass is 539 g/mol. The average Bonchev–Trinajstić information content (AvgIpc) is 3.07. The standard InChI is InChI=1S/C25H31ClFN3O3S2/c1-17-15-23(18(2)14-21(17)26)35(32,33)29-11-9-25(10-12-29)28-22(8-13-34-3)24(31)30(25)16-19-4-6-20(27)7-5-19/h4-7,14-15,22,28H,8-13,16H2,1-3H3. The van der Waals surface area contributed by atoms with E-state index in [1.165, 1.54) is 16.4 Å². The minimum Gasteiger partial charge on any atom is -0.319 e. The highest BCUT2D eigenvalue weighted by atomic mass is 35.5. The third-order valence-electron chi connectivity index (χ3n) is 7.01. The van der Waals surface area contributed by atoms with Gasteiger partial charge in [-0.1, -0.05) is 23.7 Å². The molecular weight excluding hydrogens is 509 g/mol. The smallest absolute Gasteiger partial charge is 0.243 e. The predicted molar refractivity (Wildman–Crippen MR) is 139 cm³/mol. The van der Waals surface area contributed by atoms with Crippen LogP contribution in [0.3, 0.4) is 0 Å². The number of thioether (sulfide) groups is 1. The molecule has 4 rings (SSSR count). The van der Waals surface area contributed by atoms with Gasteiger partial charge in [-0.25, -0.2) is 12.8 Å². The van der Waals surface area contributed by atoms with Gasteiger partial charge in [-0.15, -0.1) is 0 Å². The van der Waals surface area contributed by atoms with Gasteiger partial charge in [-0.3, -0.25) is 10.1 Å². The summed E-state index contributed by atoms with van der Waals surface area (Å²) in [7, 11) is -3.70. The number of piperidine rings is 1. The number of aryl methyl sites for hydroxylation is 2. The Bertz CT molecular complexity index is 1200. The van der Waals surface area contributed by atoms with E-state index in [9.17, 15) is 17.6 Å². The molecule has 2 fully saturated rings. The van der Waals surface area contributed by atoms with E-state index >= 15 is 0 Å². The van der Waals surface area contributed by atoms with Crippen molar-refractivity contribution in [1.82, 2.24) is 14.5 Å². The zero-order valence-corrected chi connectivity index (χ0v) is 22.6. The molecule has 0 aromatic heterocycles. The van der Waals surface area contributed by atoms with Gasteiger partial charge in [-0.2, -0.15) is 16.1 Å². The molecule has 0 bridgehead atoms. The van der Waals surface area contributed by atoms with E-state index < -0.39 is 15.7 Å². The van der Waals surface area contributed by atoms with Gasteiger partial charge in [0, 0.05) is 24.7 Å². The van der Waals surface area contributed by atoms with E-state index in [-0.39, 0.29) is 22.7 Å². The van der Waals surface area contributed by atoms with Crippen LogP contribution in [0.1, 0.15) is 36.0 Å². The van der Waals surface area contributed by atoms with Crippen LogP contribution in [0.4, 0.5) is 4.39 Å². The second-order valence-corrected chi connectivity index (χ2v) is 12.6. The summed E-state index contributed by atoms with van der Waals surface area (Å²) in [6.07, 6.45) is 3.66. The van der Waals surface area contributed by atoms with Gasteiger partial charge in [0.1, 0.15) is 5.82 Å². The molecule has 1 amide bonds. The minimum atomic E-state index is -3.70. The second-order valence-electron chi connectivity index (χ2n) is 9.33. The van der Waals surface area contributed by atoms with E-state index in [4.69, 9.17) is 11.6 Å². The van der Waals surface area contributed by atoms with E-state index in [2.05, 4.69) is 5.32 Å². The van der Waals surface area contributed by atoms with Crippen LogP contribution in [0.2, 0.25) is 5.02 Å². The van der Waals surface area contributed by atoms with Crippen molar-refractivity contribution in [3.8, 4) is 0 Å². The number of benzene rings is 2. The summed E-state index contributed by atoms with van der Waals surface area (Å²) in [6, 6.07) is 9.18. The normalized spacial score (nSPS) is 20.7. The maximum Gasteiger partial charge on any atom is 0.243 e. The van der Waals surface area contributed by atoms with Crippen molar-refractivity contribution in [1.29, 1.82) is 0 Å². The lowest BCUT2D eigenvalue weighted by molar-refractivity contribution is -0.134. The largest absolute Gasteiger partial charge is 0.319 e. The van der Waals surface area contributed by atoms with Crippen molar-refractivity contribution in [3.63, 3.8) is 0 Å². The molecule has 2 saturated heterocycles. The Labute approximate surface area is 216 Å². The molecule has 0 saturated carbocycles. The van der Waals surface area contributed by atoms with E-state index in [1.807, 2.05) is 11.2 Å². The zero-order valence-electron chi connectivity index (χ0n) is 20.2. The van der Waals surface area contributed by atoms with Gasteiger partial charge in [-0.05, 0) is 86.1 Å². The number of rotatable bonds is 7. The van der Waals surface area contributed by atoms with Gasteiger partial charge in [0.2, 0.25) is 15.9 Å². The molecule has 2 aliphatic heterocycles. The van der Waals surface area contributed by atoms with Crippen molar-refractivity contribution < 1.29 is 17.6 Å². The van der Waals surface area contributed by atoms with Crippen LogP contribution in [-0.4, -0.2) is 60.3 Å². The topological polar surface area (TPSA) is 69.7 Å². The van der Waals surface area contributed by atoms with Gasteiger partial charge < -0.3 is 4.90 Å². The van der Waals surface area contributed by atoms with Crippen LogP contribution in [0.5, 0.6) is 0 Å². The highest BCUT2D eigenvalue weighted by Gasteiger charge is 2.52. The first kappa shape index (κ1) is 26.4.